The van der Waals surface area contributed by atoms with Crippen molar-refractivity contribution in [2.45, 2.75) is 26.7 Å². The summed E-state index contributed by atoms with van der Waals surface area (Å²) in [5.41, 5.74) is 3.01. The fourth-order valence-corrected chi connectivity index (χ4v) is 4.60. The van der Waals surface area contributed by atoms with Crippen molar-refractivity contribution in [3.8, 4) is 5.75 Å². The van der Waals surface area contributed by atoms with Crippen molar-refractivity contribution < 1.29 is 9.53 Å². The number of benzene rings is 1. The topological polar surface area (TPSA) is 48.9 Å². The van der Waals surface area contributed by atoms with Crippen molar-refractivity contribution in [2.75, 3.05) is 61.1 Å². The zero-order chi connectivity index (χ0) is 21.1. The van der Waals surface area contributed by atoms with E-state index in [-0.39, 0.29) is 5.41 Å². The van der Waals surface area contributed by atoms with Crippen molar-refractivity contribution in [1.82, 2.24) is 4.98 Å². The standard InChI is InChI=1S/C24H32N4O2/c1-24(2)11-4-12-28(18-24)22-9-10-23(25-21(22)17-29)27-15-13-26(14-16-27)19-5-7-20(30-3)8-6-19/h5-10,17H,4,11-16,18H2,1-3H3. The average molecular weight is 409 g/mol. The smallest absolute Gasteiger partial charge is 0.170 e. The van der Waals surface area contributed by atoms with Crippen molar-refractivity contribution >= 4 is 23.5 Å². The van der Waals surface area contributed by atoms with E-state index in [2.05, 4.69) is 52.8 Å². The largest absolute Gasteiger partial charge is 0.497 e. The molecule has 2 aliphatic heterocycles. The molecule has 1 aromatic heterocycles. The van der Waals surface area contributed by atoms with Crippen LogP contribution in [-0.4, -0.2) is 57.6 Å². The van der Waals surface area contributed by atoms with Gasteiger partial charge in [-0.05, 0) is 54.7 Å². The quantitative estimate of drug-likeness (QED) is 0.701. The fourth-order valence-electron chi connectivity index (χ4n) is 4.60. The molecular weight excluding hydrogens is 376 g/mol. The Labute approximate surface area is 179 Å². The Morgan fingerprint density at radius 1 is 0.933 bits per heavy atom. The molecule has 4 rings (SSSR count). The number of rotatable bonds is 5. The number of hydrogen-bond donors (Lipinski definition) is 0. The first-order valence-corrected chi connectivity index (χ1v) is 10.8. The van der Waals surface area contributed by atoms with Crippen LogP contribution < -0.4 is 19.4 Å². The van der Waals surface area contributed by atoms with Crippen LogP contribution in [0.15, 0.2) is 36.4 Å². The van der Waals surface area contributed by atoms with Crippen LogP contribution in [0.4, 0.5) is 17.2 Å². The lowest BCUT2D eigenvalue weighted by molar-refractivity contribution is 0.111. The molecule has 2 saturated heterocycles. The molecule has 0 spiro atoms. The van der Waals surface area contributed by atoms with Crippen LogP contribution in [0.3, 0.4) is 0 Å². The van der Waals surface area contributed by atoms with Gasteiger partial charge in [0.2, 0.25) is 0 Å². The first-order chi connectivity index (χ1) is 14.5. The van der Waals surface area contributed by atoms with Gasteiger partial charge in [0.05, 0.1) is 12.8 Å². The van der Waals surface area contributed by atoms with Gasteiger partial charge in [0, 0.05) is 45.0 Å². The number of methoxy groups -OCH3 is 1. The predicted octanol–water partition coefficient (Wildman–Crippen LogP) is 3.86. The molecule has 2 aliphatic rings. The van der Waals surface area contributed by atoms with Crippen molar-refractivity contribution in [3.63, 3.8) is 0 Å². The molecule has 0 atom stereocenters. The van der Waals surface area contributed by atoms with E-state index in [1.54, 1.807) is 7.11 Å². The average Bonchev–Trinajstić information content (AvgIpc) is 2.78. The van der Waals surface area contributed by atoms with Crippen LogP contribution in [0, 0.1) is 5.41 Å². The summed E-state index contributed by atoms with van der Waals surface area (Å²) < 4.78 is 5.25. The highest BCUT2D eigenvalue weighted by Crippen LogP contribution is 2.33. The molecule has 6 heteroatoms. The maximum absolute atomic E-state index is 11.8. The zero-order valence-corrected chi connectivity index (χ0v) is 18.3. The first-order valence-electron chi connectivity index (χ1n) is 10.8. The Kier molecular flexibility index (Phi) is 5.84. The molecule has 160 valence electrons. The summed E-state index contributed by atoms with van der Waals surface area (Å²) in [6.45, 7) is 10.2. The molecule has 6 nitrogen and oxygen atoms in total. The minimum atomic E-state index is 0.273. The van der Waals surface area contributed by atoms with Gasteiger partial charge in [-0.1, -0.05) is 13.8 Å². The molecule has 2 fully saturated rings. The maximum atomic E-state index is 11.8. The van der Waals surface area contributed by atoms with Gasteiger partial charge in [-0.2, -0.15) is 0 Å². The third-order valence-electron chi connectivity index (χ3n) is 6.28. The Morgan fingerprint density at radius 2 is 1.63 bits per heavy atom. The Morgan fingerprint density at radius 3 is 2.27 bits per heavy atom. The van der Waals surface area contributed by atoms with Crippen molar-refractivity contribution in [1.29, 1.82) is 0 Å². The number of aromatic nitrogens is 1. The van der Waals surface area contributed by atoms with E-state index in [4.69, 9.17) is 9.72 Å². The summed E-state index contributed by atoms with van der Waals surface area (Å²) in [5.74, 6) is 1.77. The minimum absolute atomic E-state index is 0.273. The van der Waals surface area contributed by atoms with Crippen LogP contribution in [0.2, 0.25) is 0 Å². The van der Waals surface area contributed by atoms with Gasteiger partial charge in [0.15, 0.2) is 6.29 Å². The zero-order valence-electron chi connectivity index (χ0n) is 18.3. The number of hydrogen-bond acceptors (Lipinski definition) is 6. The summed E-state index contributed by atoms with van der Waals surface area (Å²) >= 11 is 0. The summed E-state index contributed by atoms with van der Waals surface area (Å²) in [4.78, 5) is 23.5. The third-order valence-corrected chi connectivity index (χ3v) is 6.28. The lowest BCUT2D eigenvalue weighted by Crippen LogP contribution is -2.47. The minimum Gasteiger partial charge on any atom is -0.497 e. The van der Waals surface area contributed by atoms with E-state index in [0.717, 1.165) is 69.2 Å². The summed E-state index contributed by atoms with van der Waals surface area (Å²) in [7, 11) is 1.69. The molecule has 0 saturated carbocycles. The number of pyridine rings is 1. The predicted molar refractivity (Wildman–Crippen MR) is 122 cm³/mol. The van der Waals surface area contributed by atoms with Gasteiger partial charge < -0.3 is 19.4 Å². The SMILES string of the molecule is COc1ccc(N2CCN(c3ccc(N4CCCC(C)(C)C4)c(C=O)n3)CC2)cc1. The molecule has 30 heavy (non-hydrogen) atoms. The van der Waals surface area contributed by atoms with E-state index < -0.39 is 0 Å². The molecule has 0 aliphatic carbocycles. The molecule has 0 bridgehead atoms. The normalized spacial score (nSPS) is 19.0. The van der Waals surface area contributed by atoms with E-state index in [9.17, 15) is 4.79 Å². The van der Waals surface area contributed by atoms with Gasteiger partial charge in [-0.15, -0.1) is 0 Å². The van der Waals surface area contributed by atoms with Crippen LogP contribution in [-0.2, 0) is 0 Å². The van der Waals surface area contributed by atoms with Gasteiger partial charge in [-0.25, -0.2) is 4.98 Å². The number of carbonyl (C=O) groups is 1. The molecule has 0 N–H and O–H groups in total. The second kappa shape index (κ2) is 8.54. The molecule has 0 amide bonds. The van der Waals surface area contributed by atoms with Crippen molar-refractivity contribution in [2.24, 2.45) is 5.41 Å². The van der Waals surface area contributed by atoms with Gasteiger partial charge >= 0.3 is 0 Å². The van der Waals surface area contributed by atoms with Crippen molar-refractivity contribution in [3.05, 3.63) is 42.1 Å². The molecule has 1 aromatic carbocycles. The molecule has 3 heterocycles. The highest BCUT2D eigenvalue weighted by Gasteiger charge is 2.28. The first kappa shape index (κ1) is 20.5. The lowest BCUT2D eigenvalue weighted by atomic mass is 9.84. The Hall–Kier alpha value is -2.76. The molecular formula is C24H32N4O2. The highest BCUT2D eigenvalue weighted by molar-refractivity contribution is 5.83. The van der Waals surface area contributed by atoms with Gasteiger partial charge in [0.1, 0.15) is 17.3 Å². The summed E-state index contributed by atoms with van der Waals surface area (Å²) in [6, 6.07) is 12.4. The number of ether oxygens (including phenoxy) is 1. The Balaban J connectivity index is 1.44. The maximum Gasteiger partial charge on any atom is 0.170 e. The second-order valence-corrected chi connectivity index (χ2v) is 9.05. The Bertz CT molecular complexity index is 873. The molecule has 0 unspecified atom stereocenters. The number of piperidine rings is 1. The fraction of sp³-hybridized carbons (Fsp3) is 0.500. The summed E-state index contributed by atoms with van der Waals surface area (Å²) in [5, 5.41) is 0. The third kappa shape index (κ3) is 4.37. The highest BCUT2D eigenvalue weighted by atomic mass is 16.5. The van der Waals surface area contributed by atoms with Gasteiger partial charge in [-0.3, -0.25) is 4.79 Å². The van der Waals surface area contributed by atoms with Crippen LogP contribution >= 0.6 is 0 Å². The number of carbonyl (C=O) groups excluding carboxylic acids is 1. The van der Waals surface area contributed by atoms with E-state index in [0.29, 0.717) is 5.69 Å². The second-order valence-electron chi connectivity index (χ2n) is 9.05. The summed E-state index contributed by atoms with van der Waals surface area (Å²) in [6.07, 6.45) is 3.29. The van der Waals surface area contributed by atoms with E-state index in [1.807, 2.05) is 12.1 Å². The number of aldehydes is 1. The van der Waals surface area contributed by atoms with Crippen LogP contribution in [0.5, 0.6) is 5.75 Å². The molecule has 0 radical (unpaired) electrons. The van der Waals surface area contributed by atoms with Crippen LogP contribution in [0.25, 0.3) is 0 Å². The van der Waals surface area contributed by atoms with E-state index >= 15 is 0 Å². The van der Waals surface area contributed by atoms with Crippen LogP contribution in [0.1, 0.15) is 37.2 Å². The monoisotopic (exact) mass is 408 g/mol. The van der Waals surface area contributed by atoms with Gasteiger partial charge in [0.25, 0.3) is 0 Å². The lowest BCUT2D eigenvalue weighted by Gasteiger charge is -2.40. The molecule has 2 aromatic rings. The number of anilines is 3. The van der Waals surface area contributed by atoms with E-state index in [1.165, 1.54) is 12.1 Å². The number of nitrogens with zero attached hydrogens (tertiary/aromatic N) is 4. The number of piperazine rings is 1.